The van der Waals surface area contributed by atoms with E-state index in [1.165, 1.54) is 11.1 Å². The molecule has 0 saturated carbocycles. The maximum Gasteiger partial charge on any atom is 0.455 e. The lowest BCUT2D eigenvalue weighted by Gasteiger charge is -2.44. The van der Waals surface area contributed by atoms with Crippen LogP contribution in [0.5, 0.6) is 5.75 Å². The number of allylic oxidation sites excluding steroid dienone is 2. The molecule has 2 N–H and O–H groups in total. The van der Waals surface area contributed by atoms with Crippen LogP contribution >= 0.6 is 0 Å². The molecule has 8 heteroatoms. The first kappa shape index (κ1) is 35.5. The highest BCUT2D eigenvalue weighted by molar-refractivity contribution is 6.43. The largest absolute Gasteiger partial charge is 0.507 e. The van der Waals surface area contributed by atoms with Gasteiger partial charge < -0.3 is 14.8 Å². The number of phenolic OH excluding ortho intramolecular Hbond substituents is 1. The number of amides is 2. The highest BCUT2D eigenvalue weighted by Gasteiger charge is 2.58. The van der Waals surface area contributed by atoms with Crippen LogP contribution in [0, 0.1) is 23.7 Å². The van der Waals surface area contributed by atoms with Crippen molar-refractivity contribution in [3.8, 4) is 5.75 Å². The number of aromatic hydroxyl groups is 1. The highest BCUT2D eigenvalue weighted by Crippen LogP contribution is 2.53. The van der Waals surface area contributed by atoms with Gasteiger partial charge in [-0.1, -0.05) is 116 Å². The number of carbonyl (C=O) groups is 2. The van der Waals surface area contributed by atoms with E-state index in [0.717, 1.165) is 65.5 Å². The summed E-state index contributed by atoms with van der Waals surface area (Å²) < 4.78 is 6.40. The molecule has 0 spiro atoms. The molecule has 272 valence electrons. The minimum Gasteiger partial charge on any atom is -0.507 e. The summed E-state index contributed by atoms with van der Waals surface area (Å²) >= 11 is 0. The second-order valence-electron chi connectivity index (χ2n) is 15.7. The third-order valence-electron chi connectivity index (χ3n) is 12.2. The van der Waals surface area contributed by atoms with Crippen molar-refractivity contribution in [2.45, 2.75) is 71.0 Å². The molecule has 0 radical (unpaired) electrons. The van der Waals surface area contributed by atoms with Gasteiger partial charge in [-0.2, -0.15) is 0 Å². The van der Waals surface area contributed by atoms with Crippen LogP contribution in [0.15, 0.2) is 108 Å². The Morgan fingerprint density at radius 3 is 2.26 bits per heavy atom. The quantitative estimate of drug-likeness (QED) is 0.0794. The molecule has 0 bridgehead atoms. The Morgan fingerprint density at radius 2 is 1.55 bits per heavy atom. The standard InChI is InChI=1S/C45H49BN2O5/c1-29(2)37-26-38-43(45(51)48(44(38)50)34-21-23-47(24-22-34)28-30-11-5-3-6-12-30)39-27-46(52)53-41(42(37)39)20-18-32(31-13-7-4-8-14-31)25-33-17-19-40(49)36-16-10-9-15-35(33)36/h3-17,19,25,29,34,38-39,41,43,49,52H,18,20-24,26-28H2,1-2H3/b32-25-/t38-,39+,41-,43-/m1/s1. The van der Waals surface area contributed by atoms with Crippen LogP contribution in [0.3, 0.4) is 0 Å². The van der Waals surface area contributed by atoms with Gasteiger partial charge in [0.25, 0.3) is 0 Å². The molecule has 2 amide bonds. The van der Waals surface area contributed by atoms with E-state index in [2.05, 4.69) is 61.2 Å². The van der Waals surface area contributed by atoms with E-state index in [0.29, 0.717) is 25.6 Å². The number of likely N-dealkylation sites (tertiary alicyclic amines) is 2. The summed E-state index contributed by atoms with van der Waals surface area (Å²) in [4.78, 5) is 32.8. The number of imide groups is 1. The number of piperidine rings is 1. The fourth-order valence-corrected chi connectivity index (χ4v) is 9.67. The van der Waals surface area contributed by atoms with E-state index in [4.69, 9.17) is 4.65 Å². The number of fused-ring (bicyclic) bond motifs is 4. The summed E-state index contributed by atoms with van der Waals surface area (Å²) in [6, 6.07) is 32.3. The average molecular weight is 709 g/mol. The Bertz CT molecular complexity index is 2040. The first-order valence-corrected chi connectivity index (χ1v) is 19.4. The molecule has 8 rings (SSSR count). The zero-order valence-electron chi connectivity index (χ0n) is 30.7. The van der Waals surface area contributed by atoms with Crippen LogP contribution in [0.1, 0.15) is 62.6 Å². The zero-order chi connectivity index (χ0) is 36.6. The van der Waals surface area contributed by atoms with Crippen LogP contribution in [-0.4, -0.2) is 64.1 Å². The van der Waals surface area contributed by atoms with Gasteiger partial charge in [0.05, 0.1) is 17.9 Å². The number of nitrogens with zero attached hydrogens (tertiary/aromatic N) is 2. The van der Waals surface area contributed by atoms with Gasteiger partial charge in [-0.05, 0) is 89.5 Å². The molecule has 4 aromatic carbocycles. The number of rotatable bonds is 9. The van der Waals surface area contributed by atoms with Gasteiger partial charge in [0.2, 0.25) is 11.8 Å². The molecule has 3 aliphatic heterocycles. The maximum atomic E-state index is 14.5. The third kappa shape index (κ3) is 7.00. The molecule has 7 nitrogen and oxygen atoms in total. The molecule has 3 saturated heterocycles. The molecule has 4 aliphatic rings. The van der Waals surface area contributed by atoms with E-state index in [1.54, 1.807) is 11.0 Å². The Hall–Kier alpha value is -4.50. The van der Waals surface area contributed by atoms with Crippen molar-refractivity contribution in [1.29, 1.82) is 0 Å². The molecule has 3 fully saturated rings. The topological polar surface area (TPSA) is 90.3 Å². The zero-order valence-corrected chi connectivity index (χ0v) is 30.7. The predicted octanol–water partition coefficient (Wildman–Crippen LogP) is 7.98. The van der Waals surface area contributed by atoms with Gasteiger partial charge in [0, 0.05) is 31.1 Å². The maximum absolute atomic E-state index is 14.5. The van der Waals surface area contributed by atoms with Crippen molar-refractivity contribution in [3.63, 3.8) is 0 Å². The molecule has 3 heterocycles. The number of benzene rings is 4. The summed E-state index contributed by atoms with van der Waals surface area (Å²) in [5.74, 6) is -0.716. The molecule has 4 atom stereocenters. The minimum absolute atomic E-state index is 0.0216. The van der Waals surface area contributed by atoms with E-state index in [-0.39, 0.29) is 47.5 Å². The number of carbonyl (C=O) groups excluding carboxylic acids is 2. The lowest BCUT2D eigenvalue weighted by molar-refractivity contribution is -0.144. The van der Waals surface area contributed by atoms with Crippen molar-refractivity contribution in [2.75, 3.05) is 13.1 Å². The smallest absolute Gasteiger partial charge is 0.455 e. The van der Waals surface area contributed by atoms with E-state index < -0.39 is 13.0 Å². The van der Waals surface area contributed by atoms with Gasteiger partial charge in [-0.15, -0.1) is 0 Å². The lowest BCUT2D eigenvalue weighted by Crippen LogP contribution is -2.48. The summed E-state index contributed by atoms with van der Waals surface area (Å²) in [6.45, 7) is 6.92. The van der Waals surface area contributed by atoms with Gasteiger partial charge in [-0.25, -0.2) is 0 Å². The van der Waals surface area contributed by atoms with Gasteiger partial charge in [-0.3, -0.25) is 19.4 Å². The van der Waals surface area contributed by atoms with Crippen molar-refractivity contribution >= 4 is 41.4 Å². The van der Waals surface area contributed by atoms with E-state index in [1.807, 2.05) is 54.6 Å². The Kier molecular flexibility index (Phi) is 10.1. The second kappa shape index (κ2) is 15.1. The normalized spacial score (nSPS) is 24.3. The number of hydrogen-bond donors (Lipinski definition) is 2. The SMILES string of the molecule is CC(C)C1=C2[C@@H](CC/C(=C/c3ccc(O)c4ccccc34)c3ccccc3)OB(O)C[C@@H]2[C@@H]2C(=O)N(C3CCN(Cc4ccccc4)CC3)C(=O)[C@@H]2C1. The monoisotopic (exact) mass is 708 g/mol. The Balaban J connectivity index is 1.05. The fraction of sp³-hybridized carbons (Fsp3) is 0.378. The van der Waals surface area contributed by atoms with Crippen LogP contribution in [0.25, 0.3) is 22.4 Å². The predicted molar refractivity (Wildman–Crippen MR) is 210 cm³/mol. The molecule has 4 aromatic rings. The average Bonchev–Trinajstić information content (AvgIpc) is 3.43. The summed E-state index contributed by atoms with van der Waals surface area (Å²) in [7, 11) is -1.01. The van der Waals surface area contributed by atoms with Gasteiger partial charge >= 0.3 is 7.12 Å². The van der Waals surface area contributed by atoms with E-state index in [9.17, 15) is 19.7 Å². The van der Waals surface area contributed by atoms with Crippen LogP contribution in [0.4, 0.5) is 0 Å². The Labute approximate surface area is 313 Å². The minimum atomic E-state index is -1.01. The number of hydrogen-bond acceptors (Lipinski definition) is 6. The first-order chi connectivity index (χ1) is 25.8. The summed E-state index contributed by atoms with van der Waals surface area (Å²) in [5.41, 5.74) is 6.86. The molecule has 1 aliphatic carbocycles. The molecule has 0 unspecified atom stereocenters. The fourth-order valence-electron chi connectivity index (χ4n) is 9.67. The molecular weight excluding hydrogens is 659 g/mol. The van der Waals surface area contributed by atoms with Crippen molar-refractivity contribution in [1.82, 2.24) is 9.80 Å². The summed E-state index contributed by atoms with van der Waals surface area (Å²) in [5, 5.41) is 23.6. The molecule has 53 heavy (non-hydrogen) atoms. The number of phenols is 1. The van der Waals surface area contributed by atoms with E-state index >= 15 is 0 Å². The van der Waals surface area contributed by atoms with Crippen molar-refractivity contribution in [2.24, 2.45) is 23.7 Å². The van der Waals surface area contributed by atoms with Crippen molar-refractivity contribution < 1.29 is 24.4 Å². The van der Waals surface area contributed by atoms with Crippen LogP contribution in [0.2, 0.25) is 6.32 Å². The molecule has 0 aromatic heterocycles. The molecular formula is C45H49BN2O5. The van der Waals surface area contributed by atoms with Gasteiger partial charge in [0.1, 0.15) is 5.75 Å². The lowest BCUT2D eigenvalue weighted by atomic mass is 9.57. The van der Waals surface area contributed by atoms with Crippen LogP contribution < -0.4 is 0 Å². The second-order valence-corrected chi connectivity index (χ2v) is 15.7. The van der Waals surface area contributed by atoms with Gasteiger partial charge in [0.15, 0.2) is 0 Å². The highest BCUT2D eigenvalue weighted by atomic mass is 16.5. The van der Waals surface area contributed by atoms with Crippen molar-refractivity contribution in [3.05, 3.63) is 125 Å². The Morgan fingerprint density at radius 1 is 0.868 bits per heavy atom. The third-order valence-corrected chi connectivity index (χ3v) is 12.2. The summed E-state index contributed by atoms with van der Waals surface area (Å²) in [6.07, 6.45) is 5.58. The first-order valence-electron chi connectivity index (χ1n) is 19.4. The van der Waals surface area contributed by atoms with Crippen LogP contribution in [-0.2, 0) is 20.8 Å².